The molecule has 0 aliphatic carbocycles. The third-order valence-electron chi connectivity index (χ3n) is 0.836. The number of rotatable bonds is 1. The standard InChI is InChI=1S/C4H8N2S2/c1-6-3-8-4(2-7)5-6/h7H,2-3H2,1H3. The summed E-state index contributed by atoms with van der Waals surface area (Å²) < 4.78 is 0. The molecule has 0 N–H and O–H groups in total. The Morgan fingerprint density at radius 2 is 2.75 bits per heavy atom. The number of thiol groups is 1. The molecular weight excluding hydrogens is 140 g/mol. The molecule has 1 heterocycles. The van der Waals surface area contributed by atoms with Crippen molar-refractivity contribution in [2.45, 2.75) is 0 Å². The molecule has 2 nitrogen and oxygen atoms in total. The first kappa shape index (κ1) is 6.29. The van der Waals surface area contributed by atoms with Gasteiger partial charge < -0.3 is 0 Å². The maximum absolute atomic E-state index is 4.14. The van der Waals surface area contributed by atoms with Crippen LogP contribution in [0.15, 0.2) is 5.10 Å². The molecule has 0 saturated carbocycles. The van der Waals surface area contributed by atoms with E-state index in [-0.39, 0.29) is 0 Å². The maximum atomic E-state index is 4.14. The minimum atomic E-state index is 0.773. The highest BCUT2D eigenvalue weighted by Gasteiger charge is 2.07. The van der Waals surface area contributed by atoms with Crippen LogP contribution in [-0.4, -0.2) is 28.7 Å². The topological polar surface area (TPSA) is 15.6 Å². The van der Waals surface area contributed by atoms with E-state index in [0.29, 0.717) is 0 Å². The van der Waals surface area contributed by atoms with E-state index in [4.69, 9.17) is 0 Å². The van der Waals surface area contributed by atoms with E-state index >= 15 is 0 Å². The van der Waals surface area contributed by atoms with Gasteiger partial charge in [0.15, 0.2) is 0 Å². The second-order valence-electron chi connectivity index (χ2n) is 1.58. The highest BCUT2D eigenvalue weighted by Crippen LogP contribution is 2.14. The molecule has 46 valence electrons. The zero-order chi connectivity index (χ0) is 5.98. The second-order valence-corrected chi connectivity index (χ2v) is 2.92. The van der Waals surface area contributed by atoms with Crippen molar-refractivity contribution in [1.82, 2.24) is 5.01 Å². The average molecular weight is 148 g/mol. The lowest BCUT2D eigenvalue weighted by molar-refractivity contribution is 0.429. The Balaban J connectivity index is 2.44. The third kappa shape index (κ3) is 1.32. The molecule has 0 saturated heterocycles. The van der Waals surface area contributed by atoms with Crippen LogP contribution >= 0.6 is 24.4 Å². The first-order valence-electron chi connectivity index (χ1n) is 2.35. The van der Waals surface area contributed by atoms with Gasteiger partial charge in [-0.2, -0.15) is 17.7 Å². The summed E-state index contributed by atoms with van der Waals surface area (Å²) in [5, 5.41) is 7.18. The van der Waals surface area contributed by atoms with Crippen LogP contribution < -0.4 is 0 Å². The Hall–Kier alpha value is 0.170. The van der Waals surface area contributed by atoms with Crippen LogP contribution in [0.3, 0.4) is 0 Å². The van der Waals surface area contributed by atoms with Gasteiger partial charge in [0.25, 0.3) is 0 Å². The summed E-state index contributed by atoms with van der Waals surface area (Å²) in [7, 11) is 1.96. The Morgan fingerprint density at radius 1 is 2.00 bits per heavy atom. The number of hydrogen-bond acceptors (Lipinski definition) is 4. The predicted molar refractivity (Wildman–Crippen MR) is 41.5 cm³/mol. The summed E-state index contributed by atoms with van der Waals surface area (Å²) in [4.78, 5) is 0. The predicted octanol–water partition coefficient (Wildman–Crippen LogP) is 0.866. The zero-order valence-corrected chi connectivity index (χ0v) is 6.38. The molecule has 0 amide bonds. The molecule has 8 heavy (non-hydrogen) atoms. The smallest absolute Gasteiger partial charge is 0.105 e. The van der Waals surface area contributed by atoms with E-state index in [0.717, 1.165) is 16.7 Å². The Morgan fingerprint density at radius 3 is 3.00 bits per heavy atom. The van der Waals surface area contributed by atoms with Gasteiger partial charge in [0.1, 0.15) is 5.04 Å². The third-order valence-corrected chi connectivity index (χ3v) is 2.41. The van der Waals surface area contributed by atoms with Gasteiger partial charge in [0.05, 0.1) is 5.88 Å². The van der Waals surface area contributed by atoms with Crippen molar-refractivity contribution in [2.75, 3.05) is 18.7 Å². The van der Waals surface area contributed by atoms with E-state index in [9.17, 15) is 0 Å². The number of hydrogen-bond donors (Lipinski definition) is 1. The van der Waals surface area contributed by atoms with Crippen LogP contribution in [0.1, 0.15) is 0 Å². The Bertz CT molecular complexity index is 113. The highest BCUT2D eigenvalue weighted by molar-refractivity contribution is 8.15. The van der Waals surface area contributed by atoms with Gasteiger partial charge >= 0.3 is 0 Å². The van der Waals surface area contributed by atoms with Crippen LogP contribution in [0.25, 0.3) is 0 Å². The summed E-state index contributed by atoms with van der Waals surface area (Å²) in [5.41, 5.74) is 0. The first-order valence-corrected chi connectivity index (χ1v) is 3.97. The summed E-state index contributed by atoms with van der Waals surface area (Å²) in [6, 6.07) is 0. The monoisotopic (exact) mass is 148 g/mol. The minimum absolute atomic E-state index is 0.773. The van der Waals surface area contributed by atoms with Gasteiger partial charge in [-0.25, -0.2) is 0 Å². The summed E-state index contributed by atoms with van der Waals surface area (Å²) >= 11 is 5.83. The van der Waals surface area contributed by atoms with Crippen LogP contribution in [0.2, 0.25) is 0 Å². The molecule has 4 heteroatoms. The Kier molecular flexibility index (Phi) is 2.08. The molecule has 0 aromatic rings. The lowest BCUT2D eigenvalue weighted by Crippen LogP contribution is -2.02. The lowest BCUT2D eigenvalue weighted by atomic mass is 10.9. The van der Waals surface area contributed by atoms with Crippen molar-refractivity contribution in [3.05, 3.63) is 0 Å². The van der Waals surface area contributed by atoms with Gasteiger partial charge in [0.2, 0.25) is 0 Å². The largest absolute Gasteiger partial charge is 0.289 e. The lowest BCUT2D eigenvalue weighted by Gasteiger charge is -1.99. The molecule has 0 fully saturated rings. The molecule has 0 radical (unpaired) electrons. The molecule has 0 aromatic heterocycles. The highest BCUT2D eigenvalue weighted by atomic mass is 32.2. The Labute approximate surface area is 58.7 Å². The van der Waals surface area contributed by atoms with Gasteiger partial charge in [-0.05, 0) is 0 Å². The van der Waals surface area contributed by atoms with E-state index < -0.39 is 0 Å². The van der Waals surface area contributed by atoms with Crippen LogP contribution in [0.4, 0.5) is 0 Å². The molecule has 0 unspecified atom stereocenters. The van der Waals surface area contributed by atoms with Crippen molar-refractivity contribution in [3.63, 3.8) is 0 Å². The van der Waals surface area contributed by atoms with Crippen molar-refractivity contribution < 1.29 is 0 Å². The van der Waals surface area contributed by atoms with Crippen molar-refractivity contribution >= 4 is 29.4 Å². The molecule has 0 bridgehead atoms. The van der Waals surface area contributed by atoms with Crippen LogP contribution in [0.5, 0.6) is 0 Å². The van der Waals surface area contributed by atoms with Gasteiger partial charge in [-0.1, -0.05) is 11.8 Å². The van der Waals surface area contributed by atoms with Crippen LogP contribution in [-0.2, 0) is 0 Å². The van der Waals surface area contributed by atoms with Gasteiger partial charge in [0, 0.05) is 12.8 Å². The molecule has 1 aliphatic heterocycles. The molecular formula is C4H8N2S2. The fourth-order valence-corrected chi connectivity index (χ4v) is 1.51. The summed E-state index contributed by atoms with van der Waals surface area (Å²) in [6.45, 7) is 0. The van der Waals surface area contributed by atoms with Crippen molar-refractivity contribution in [2.24, 2.45) is 5.10 Å². The maximum Gasteiger partial charge on any atom is 0.105 e. The minimum Gasteiger partial charge on any atom is -0.289 e. The van der Waals surface area contributed by atoms with E-state index in [2.05, 4.69) is 17.7 Å². The normalized spacial score (nSPS) is 19.2. The zero-order valence-electron chi connectivity index (χ0n) is 4.66. The van der Waals surface area contributed by atoms with Crippen molar-refractivity contribution in [1.29, 1.82) is 0 Å². The average Bonchev–Trinajstić information content (AvgIpc) is 2.14. The SMILES string of the molecule is CN1CSC(CS)=N1. The quantitative estimate of drug-likeness (QED) is 0.555. The summed E-state index contributed by atoms with van der Waals surface area (Å²) in [5.74, 6) is 1.75. The fraction of sp³-hybridized carbons (Fsp3) is 0.750. The van der Waals surface area contributed by atoms with Crippen LogP contribution in [0, 0.1) is 0 Å². The molecule has 0 atom stereocenters. The number of nitrogens with zero attached hydrogens (tertiary/aromatic N) is 2. The molecule has 0 aromatic carbocycles. The molecule has 0 spiro atoms. The van der Waals surface area contributed by atoms with E-state index in [1.165, 1.54) is 0 Å². The van der Waals surface area contributed by atoms with E-state index in [1.54, 1.807) is 11.8 Å². The van der Waals surface area contributed by atoms with E-state index in [1.807, 2.05) is 12.1 Å². The number of thioether (sulfide) groups is 1. The molecule has 1 rings (SSSR count). The summed E-state index contributed by atoms with van der Waals surface area (Å²) in [6.07, 6.45) is 0. The molecule has 1 aliphatic rings. The fourth-order valence-electron chi connectivity index (χ4n) is 0.493. The number of hydrazone groups is 1. The van der Waals surface area contributed by atoms with Crippen molar-refractivity contribution in [3.8, 4) is 0 Å². The first-order chi connectivity index (χ1) is 3.83. The van der Waals surface area contributed by atoms with Gasteiger partial charge in [-0.3, -0.25) is 5.01 Å². The second kappa shape index (κ2) is 2.64. The van der Waals surface area contributed by atoms with Gasteiger partial charge in [-0.15, -0.1) is 0 Å².